The summed E-state index contributed by atoms with van der Waals surface area (Å²) in [5.41, 5.74) is -0.989. The van der Waals surface area contributed by atoms with Gasteiger partial charge in [-0.25, -0.2) is 27.6 Å². The van der Waals surface area contributed by atoms with Gasteiger partial charge in [0, 0.05) is 5.56 Å². The number of hydrogen-bond acceptors (Lipinski definition) is 9. The normalized spacial score (nSPS) is 13.5. The second-order valence-corrected chi connectivity index (χ2v) is 9.71. The molecule has 194 valence electrons. The molecule has 2 heterocycles. The van der Waals surface area contributed by atoms with Crippen molar-refractivity contribution in [1.29, 1.82) is 0 Å². The molecule has 0 fully saturated rings. The van der Waals surface area contributed by atoms with E-state index in [4.69, 9.17) is 9.47 Å². The molecule has 0 unspecified atom stereocenters. The zero-order valence-electron chi connectivity index (χ0n) is 19.0. The van der Waals surface area contributed by atoms with E-state index < -0.39 is 50.8 Å². The van der Waals surface area contributed by atoms with Crippen LogP contribution in [0.5, 0.6) is 11.5 Å². The summed E-state index contributed by atoms with van der Waals surface area (Å²) in [4.78, 5) is 23.7. The van der Waals surface area contributed by atoms with Crippen LogP contribution in [0.1, 0.15) is 24.6 Å². The monoisotopic (exact) mass is 539 g/mol. The van der Waals surface area contributed by atoms with Gasteiger partial charge >= 0.3 is 12.1 Å². The number of ether oxygens (including phenoxy) is 2. The van der Waals surface area contributed by atoms with E-state index in [0.29, 0.717) is 17.4 Å². The first-order chi connectivity index (χ1) is 17.4. The van der Waals surface area contributed by atoms with Crippen molar-refractivity contribution < 1.29 is 45.1 Å². The van der Waals surface area contributed by atoms with Gasteiger partial charge in [-0.05, 0) is 48.9 Å². The molecule has 37 heavy (non-hydrogen) atoms. The minimum Gasteiger partial charge on any atom is -0.454 e. The average molecular weight is 539 g/mol. The van der Waals surface area contributed by atoms with Gasteiger partial charge in [-0.2, -0.15) is 13.2 Å². The Bertz CT molecular complexity index is 1470. The molecule has 0 saturated carbocycles. The van der Waals surface area contributed by atoms with Crippen LogP contribution in [0.2, 0.25) is 0 Å². The number of fused-ring (bicyclic) bond motifs is 1. The lowest BCUT2D eigenvalue weighted by molar-refractivity contribution is -0.143. The third-order valence-electron chi connectivity index (χ3n) is 5.06. The molecule has 0 spiro atoms. The van der Waals surface area contributed by atoms with E-state index in [9.17, 15) is 30.8 Å². The number of nitrogens with zero attached hydrogens (tertiary/aromatic N) is 3. The number of oxime groups is 1. The highest BCUT2D eigenvalue weighted by molar-refractivity contribution is 7.91. The van der Waals surface area contributed by atoms with Gasteiger partial charge in [-0.3, -0.25) is 0 Å². The number of carbonyl (C=O) groups is 1. The molecule has 9 nitrogen and oxygen atoms in total. The van der Waals surface area contributed by atoms with Crippen molar-refractivity contribution in [2.75, 3.05) is 12.5 Å². The molecule has 0 aliphatic carbocycles. The fourth-order valence-electron chi connectivity index (χ4n) is 3.13. The summed E-state index contributed by atoms with van der Waals surface area (Å²) in [5, 5.41) is 2.47. The second-order valence-electron chi connectivity index (χ2n) is 7.70. The summed E-state index contributed by atoms with van der Waals surface area (Å²) in [6.45, 7) is 1.41. The summed E-state index contributed by atoms with van der Waals surface area (Å²) in [6.07, 6.45) is -5.70. The summed E-state index contributed by atoms with van der Waals surface area (Å²) in [7, 11) is -4.54. The molecular weight excluding hydrogens is 522 g/mol. The van der Waals surface area contributed by atoms with E-state index in [1.54, 1.807) is 0 Å². The number of aromatic nitrogens is 2. The summed E-state index contributed by atoms with van der Waals surface area (Å²) < 4.78 is 89.4. The topological polar surface area (TPSA) is 117 Å². The van der Waals surface area contributed by atoms with Crippen molar-refractivity contribution >= 4 is 21.5 Å². The van der Waals surface area contributed by atoms with Gasteiger partial charge in [-0.15, -0.1) is 0 Å². The molecule has 0 amide bonds. The Balaban J connectivity index is 1.53. The molecule has 2 aromatic carbocycles. The summed E-state index contributed by atoms with van der Waals surface area (Å²) >= 11 is 0. The molecule has 0 saturated heterocycles. The molecule has 0 atom stereocenters. The number of benzene rings is 2. The molecule has 1 aliphatic heterocycles. The molecular formula is C23H17F4N3O6S. The van der Waals surface area contributed by atoms with Gasteiger partial charge in [0.15, 0.2) is 11.5 Å². The highest BCUT2D eigenvalue weighted by Crippen LogP contribution is 2.37. The van der Waals surface area contributed by atoms with Gasteiger partial charge in [0.2, 0.25) is 21.8 Å². The molecule has 14 heteroatoms. The number of sulfone groups is 1. The molecule has 1 aliphatic rings. The first-order valence-electron chi connectivity index (χ1n) is 10.5. The Kier molecular flexibility index (Phi) is 7.12. The zero-order valence-corrected chi connectivity index (χ0v) is 19.8. The number of alkyl halides is 3. The number of rotatable bonds is 7. The molecule has 1 aromatic heterocycles. The maximum absolute atomic E-state index is 13.5. The van der Waals surface area contributed by atoms with E-state index >= 15 is 0 Å². The lowest BCUT2D eigenvalue weighted by Gasteiger charge is -2.11. The quantitative estimate of drug-likeness (QED) is 0.144. The predicted octanol–water partition coefficient (Wildman–Crippen LogP) is 4.16. The van der Waals surface area contributed by atoms with Gasteiger partial charge in [0.05, 0.1) is 23.6 Å². The Labute approximate surface area is 207 Å². The average Bonchev–Trinajstić information content (AvgIpc) is 3.34. The molecule has 3 aromatic rings. The fourth-order valence-corrected chi connectivity index (χ4v) is 4.22. The molecule has 0 N–H and O–H groups in total. The Morgan fingerprint density at radius 1 is 1.05 bits per heavy atom. The standard InChI is InChI=1S/C23H17F4N3O6S/c1-13(14-2-5-16(24)6-3-14)30-36-21(31)8-9-37(32,33)22-28-17(11-20(29-22)23(25,26)27)15-4-7-18-19(10-15)35-12-34-18/h2-7,10-11H,8-9,12H2,1H3/b30-13+. The van der Waals surface area contributed by atoms with Gasteiger partial charge in [-0.1, -0.05) is 17.3 Å². The van der Waals surface area contributed by atoms with E-state index in [2.05, 4.69) is 20.0 Å². The van der Waals surface area contributed by atoms with Crippen molar-refractivity contribution in [3.05, 3.63) is 65.6 Å². The van der Waals surface area contributed by atoms with Gasteiger partial charge < -0.3 is 14.3 Å². The molecule has 0 bridgehead atoms. The predicted molar refractivity (Wildman–Crippen MR) is 120 cm³/mol. The highest BCUT2D eigenvalue weighted by Gasteiger charge is 2.35. The third kappa shape index (κ3) is 6.20. The van der Waals surface area contributed by atoms with Crippen LogP contribution in [-0.2, 0) is 25.6 Å². The minimum atomic E-state index is -4.97. The van der Waals surface area contributed by atoms with Crippen LogP contribution < -0.4 is 9.47 Å². The second kappa shape index (κ2) is 10.1. The number of carbonyl (C=O) groups excluding carboxylic acids is 1. The van der Waals surface area contributed by atoms with Crippen molar-refractivity contribution in [3.63, 3.8) is 0 Å². The first kappa shape index (κ1) is 26.0. The van der Waals surface area contributed by atoms with Crippen LogP contribution in [0.15, 0.2) is 58.8 Å². The van der Waals surface area contributed by atoms with Crippen LogP contribution in [0, 0.1) is 5.82 Å². The third-order valence-corrected chi connectivity index (χ3v) is 6.54. The Hall–Kier alpha value is -4.07. The molecule has 4 rings (SSSR count). The van der Waals surface area contributed by atoms with Crippen LogP contribution >= 0.6 is 0 Å². The van der Waals surface area contributed by atoms with Crippen LogP contribution in [0.3, 0.4) is 0 Å². The van der Waals surface area contributed by atoms with Crippen LogP contribution in [0.4, 0.5) is 17.6 Å². The van der Waals surface area contributed by atoms with E-state index in [1.807, 2.05) is 0 Å². The van der Waals surface area contributed by atoms with E-state index in [0.717, 1.165) is 0 Å². The largest absolute Gasteiger partial charge is 0.454 e. The van der Waals surface area contributed by atoms with E-state index in [1.165, 1.54) is 49.4 Å². The Morgan fingerprint density at radius 2 is 1.76 bits per heavy atom. The van der Waals surface area contributed by atoms with E-state index in [-0.39, 0.29) is 29.5 Å². The van der Waals surface area contributed by atoms with Crippen LogP contribution in [0.25, 0.3) is 11.3 Å². The number of halogens is 4. The summed E-state index contributed by atoms with van der Waals surface area (Å²) in [5.74, 6) is -1.84. The maximum atomic E-state index is 13.5. The van der Waals surface area contributed by atoms with Crippen LogP contribution in [-0.4, -0.2) is 42.6 Å². The number of hydrogen-bond donors (Lipinski definition) is 0. The fraction of sp³-hybridized carbons (Fsp3) is 0.217. The lowest BCUT2D eigenvalue weighted by Crippen LogP contribution is -2.18. The van der Waals surface area contributed by atoms with Crippen molar-refractivity contribution in [2.24, 2.45) is 5.16 Å². The Morgan fingerprint density at radius 3 is 2.46 bits per heavy atom. The van der Waals surface area contributed by atoms with Crippen molar-refractivity contribution in [3.8, 4) is 22.8 Å². The highest BCUT2D eigenvalue weighted by atomic mass is 32.2. The lowest BCUT2D eigenvalue weighted by atomic mass is 10.1. The minimum absolute atomic E-state index is 0.0699. The van der Waals surface area contributed by atoms with Crippen molar-refractivity contribution in [2.45, 2.75) is 24.7 Å². The van der Waals surface area contributed by atoms with Gasteiger partial charge in [0.1, 0.15) is 11.5 Å². The maximum Gasteiger partial charge on any atom is 0.433 e. The zero-order chi connectivity index (χ0) is 26.8. The SMILES string of the molecule is C/C(=N\OC(=O)CCS(=O)(=O)c1nc(-c2ccc3c(c2)OCO3)cc(C(F)(F)F)n1)c1ccc(F)cc1. The van der Waals surface area contributed by atoms with Crippen molar-refractivity contribution in [1.82, 2.24) is 9.97 Å². The smallest absolute Gasteiger partial charge is 0.433 e. The summed E-state index contributed by atoms with van der Waals surface area (Å²) in [6, 6.07) is 9.96. The molecule has 0 radical (unpaired) electrons. The first-order valence-corrected chi connectivity index (χ1v) is 12.2. The van der Waals surface area contributed by atoms with Gasteiger partial charge in [0.25, 0.3) is 0 Å².